The molecule has 2 atom stereocenters. The number of urea groups is 1. The molecule has 2 aliphatic rings. The zero-order valence-corrected chi connectivity index (χ0v) is 14.0. The van der Waals surface area contributed by atoms with Gasteiger partial charge in [0.2, 0.25) is 5.91 Å². The van der Waals surface area contributed by atoms with Crippen molar-refractivity contribution in [2.45, 2.75) is 50.5 Å². The highest BCUT2D eigenvalue weighted by Gasteiger charge is 2.40. The minimum Gasteiger partial charge on any atom is -0.358 e. The molecule has 124 valence electrons. The molecule has 0 heterocycles. The van der Waals surface area contributed by atoms with Gasteiger partial charge >= 0.3 is 6.03 Å². The summed E-state index contributed by atoms with van der Waals surface area (Å²) in [4.78, 5) is 23.3. The molecule has 5 nitrogen and oxygen atoms in total. The van der Waals surface area contributed by atoms with Crippen molar-refractivity contribution < 1.29 is 9.59 Å². The molecule has 5 heteroatoms. The van der Waals surface area contributed by atoms with Crippen molar-refractivity contribution >= 4 is 11.9 Å². The summed E-state index contributed by atoms with van der Waals surface area (Å²) in [5.74, 6) is 0.338. The zero-order valence-electron chi connectivity index (χ0n) is 14.0. The molecule has 0 radical (unpaired) electrons. The van der Waals surface area contributed by atoms with Gasteiger partial charge in [-0.05, 0) is 47.3 Å². The number of carbonyl (C=O) groups is 2. The molecule has 0 bridgehead atoms. The molecule has 0 saturated carbocycles. The summed E-state index contributed by atoms with van der Waals surface area (Å²) >= 11 is 0. The van der Waals surface area contributed by atoms with Crippen molar-refractivity contribution in [3.63, 3.8) is 0 Å². The van der Waals surface area contributed by atoms with Gasteiger partial charge in [-0.3, -0.25) is 4.79 Å². The maximum atomic E-state index is 12.0. The van der Waals surface area contributed by atoms with E-state index in [4.69, 9.17) is 0 Å². The summed E-state index contributed by atoms with van der Waals surface area (Å²) in [7, 11) is 1.55. The van der Waals surface area contributed by atoms with Gasteiger partial charge in [0.15, 0.2) is 0 Å². The van der Waals surface area contributed by atoms with Crippen LogP contribution in [0.3, 0.4) is 0 Å². The smallest absolute Gasteiger partial charge is 0.315 e. The Bertz CT molecular complexity index is 639. The normalized spacial score (nSPS) is 23.8. The highest BCUT2D eigenvalue weighted by Crippen LogP contribution is 2.52. The van der Waals surface area contributed by atoms with E-state index in [2.05, 4.69) is 48.0 Å². The lowest BCUT2D eigenvalue weighted by molar-refractivity contribution is -0.119. The highest BCUT2D eigenvalue weighted by molar-refractivity contribution is 5.83. The van der Waals surface area contributed by atoms with Crippen molar-refractivity contribution in [3.8, 4) is 0 Å². The largest absolute Gasteiger partial charge is 0.358 e. The first-order chi connectivity index (χ1) is 10.9. The van der Waals surface area contributed by atoms with Gasteiger partial charge in [-0.1, -0.05) is 32.0 Å². The lowest BCUT2D eigenvalue weighted by atomic mass is 9.69. The molecule has 3 rings (SSSR count). The Kier molecular flexibility index (Phi) is 4.04. The minimum atomic E-state index is -0.283. The Balaban J connectivity index is 1.75. The Labute approximate surface area is 137 Å². The van der Waals surface area contributed by atoms with Gasteiger partial charge in [-0.2, -0.15) is 0 Å². The molecule has 0 spiro atoms. The Hall–Kier alpha value is -2.04. The van der Waals surface area contributed by atoms with Crippen molar-refractivity contribution in [3.05, 3.63) is 34.9 Å². The molecule has 2 aliphatic carbocycles. The number of benzene rings is 1. The molecular formula is C18H25N3O2. The molecule has 0 aliphatic heterocycles. The van der Waals surface area contributed by atoms with E-state index in [1.54, 1.807) is 7.05 Å². The predicted molar refractivity (Wildman–Crippen MR) is 89.4 cm³/mol. The van der Waals surface area contributed by atoms with Crippen LogP contribution in [0.25, 0.3) is 0 Å². The first-order valence-electron chi connectivity index (χ1n) is 8.30. The van der Waals surface area contributed by atoms with E-state index < -0.39 is 0 Å². The van der Waals surface area contributed by atoms with E-state index in [9.17, 15) is 9.59 Å². The maximum absolute atomic E-state index is 12.0. The summed E-state index contributed by atoms with van der Waals surface area (Å²) in [5.41, 5.74) is 4.33. The fourth-order valence-electron chi connectivity index (χ4n) is 3.99. The fraction of sp³-hybridized carbons (Fsp3) is 0.556. The molecule has 1 aromatic carbocycles. The third-order valence-electron chi connectivity index (χ3n) is 5.28. The number of rotatable bonds is 3. The number of carbonyl (C=O) groups excluding carboxylic acids is 2. The quantitative estimate of drug-likeness (QED) is 0.801. The molecule has 23 heavy (non-hydrogen) atoms. The van der Waals surface area contributed by atoms with Crippen LogP contribution in [0.2, 0.25) is 0 Å². The van der Waals surface area contributed by atoms with E-state index in [1.807, 2.05) is 0 Å². The fourth-order valence-corrected chi connectivity index (χ4v) is 3.99. The summed E-state index contributed by atoms with van der Waals surface area (Å²) in [6.45, 7) is 4.60. The van der Waals surface area contributed by atoms with Gasteiger partial charge in [-0.25, -0.2) is 4.79 Å². The number of hydrogen-bond acceptors (Lipinski definition) is 2. The average molecular weight is 315 g/mol. The molecule has 0 aromatic heterocycles. The number of nitrogens with one attached hydrogen (secondary N) is 3. The summed E-state index contributed by atoms with van der Waals surface area (Å²) < 4.78 is 0. The lowest BCUT2D eigenvalue weighted by Gasteiger charge is -2.35. The third kappa shape index (κ3) is 2.92. The summed E-state index contributed by atoms with van der Waals surface area (Å²) in [6, 6.07) is 6.21. The van der Waals surface area contributed by atoms with Crippen LogP contribution in [0, 0.1) is 0 Å². The van der Waals surface area contributed by atoms with Crippen molar-refractivity contribution in [1.29, 1.82) is 0 Å². The first-order valence-corrected chi connectivity index (χ1v) is 8.30. The van der Waals surface area contributed by atoms with Crippen LogP contribution >= 0.6 is 0 Å². The van der Waals surface area contributed by atoms with Gasteiger partial charge in [0.1, 0.15) is 0 Å². The Morgan fingerprint density at radius 1 is 1.30 bits per heavy atom. The Morgan fingerprint density at radius 3 is 2.83 bits per heavy atom. The van der Waals surface area contributed by atoms with E-state index >= 15 is 0 Å². The molecule has 0 saturated heterocycles. The molecule has 0 unspecified atom stereocenters. The summed E-state index contributed by atoms with van der Waals surface area (Å²) in [6.07, 6.45) is 3.31. The van der Waals surface area contributed by atoms with Crippen molar-refractivity contribution in [1.82, 2.24) is 16.0 Å². The predicted octanol–water partition coefficient (Wildman–Crippen LogP) is 2.33. The van der Waals surface area contributed by atoms with E-state index in [-0.39, 0.29) is 29.9 Å². The maximum Gasteiger partial charge on any atom is 0.315 e. The molecule has 0 fully saturated rings. The highest BCUT2D eigenvalue weighted by atomic mass is 16.2. The average Bonchev–Trinajstić information content (AvgIpc) is 2.88. The summed E-state index contributed by atoms with van der Waals surface area (Å²) in [5, 5.41) is 8.13. The van der Waals surface area contributed by atoms with Gasteiger partial charge in [-0.15, -0.1) is 0 Å². The lowest BCUT2D eigenvalue weighted by Crippen LogP contribution is -2.42. The van der Waals surface area contributed by atoms with E-state index in [1.165, 1.54) is 29.5 Å². The second kappa shape index (κ2) is 5.87. The van der Waals surface area contributed by atoms with Crippen LogP contribution < -0.4 is 16.0 Å². The van der Waals surface area contributed by atoms with Crippen LogP contribution in [0.4, 0.5) is 4.79 Å². The number of likely N-dealkylation sites (N-methyl/N-ethyl adjacent to an activating group) is 1. The van der Waals surface area contributed by atoms with Crippen molar-refractivity contribution in [2.24, 2.45) is 0 Å². The van der Waals surface area contributed by atoms with Crippen molar-refractivity contribution in [2.75, 3.05) is 13.6 Å². The monoisotopic (exact) mass is 315 g/mol. The number of hydrogen-bond donors (Lipinski definition) is 3. The van der Waals surface area contributed by atoms with Crippen LogP contribution in [0.15, 0.2) is 18.2 Å². The number of amides is 3. The second-order valence-corrected chi connectivity index (χ2v) is 7.22. The Morgan fingerprint density at radius 2 is 2.09 bits per heavy atom. The molecular weight excluding hydrogens is 290 g/mol. The van der Waals surface area contributed by atoms with E-state index in [0.717, 1.165) is 6.42 Å². The second-order valence-electron chi connectivity index (χ2n) is 7.22. The standard InChI is InChI=1S/C18H25N3O2/c1-18(2)8-7-11-9-14(12-5-4-6-13(18)16(11)12)21-17(23)20-10-15(22)19-3/h4-6,11,14H,7-10H2,1-3H3,(H,19,22)(H2,20,21,23)/t11-,14-/m1/s1. The van der Waals surface area contributed by atoms with Crippen LogP contribution in [-0.2, 0) is 10.2 Å². The van der Waals surface area contributed by atoms with Crippen LogP contribution in [0.5, 0.6) is 0 Å². The first kappa shape index (κ1) is 15.8. The van der Waals surface area contributed by atoms with Gasteiger partial charge in [0, 0.05) is 7.05 Å². The van der Waals surface area contributed by atoms with Gasteiger partial charge < -0.3 is 16.0 Å². The SMILES string of the molecule is CNC(=O)CNC(=O)N[C@@H]1C[C@H]2CCC(C)(C)c3cccc1c32. The van der Waals surface area contributed by atoms with Gasteiger partial charge in [0.25, 0.3) is 0 Å². The topological polar surface area (TPSA) is 70.2 Å². The zero-order chi connectivity index (χ0) is 16.6. The molecule has 3 N–H and O–H groups in total. The van der Waals surface area contributed by atoms with Gasteiger partial charge in [0.05, 0.1) is 12.6 Å². The molecule has 1 aromatic rings. The van der Waals surface area contributed by atoms with Crippen LogP contribution in [-0.4, -0.2) is 25.5 Å². The molecule has 3 amide bonds. The van der Waals surface area contributed by atoms with E-state index in [0.29, 0.717) is 5.92 Å². The minimum absolute atomic E-state index is 0.00158. The van der Waals surface area contributed by atoms with Crippen LogP contribution in [0.1, 0.15) is 61.8 Å². The third-order valence-corrected chi connectivity index (χ3v) is 5.28.